The van der Waals surface area contributed by atoms with Crippen LogP contribution in [0.3, 0.4) is 0 Å². The number of halogens is 1. The van der Waals surface area contributed by atoms with Gasteiger partial charge in [0, 0.05) is 25.2 Å². The first kappa shape index (κ1) is 17.9. The summed E-state index contributed by atoms with van der Waals surface area (Å²) in [6.45, 7) is 4.81. The van der Waals surface area contributed by atoms with Crippen LogP contribution in [0.15, 0.2) is 29.1 Å². The highest BCUT2D eigenvalue weighted by molar-refractivity contribution is 7.20. The summed E-state index contributed by atoms with van der Waals surface area (Å²) in [6, 6.07) is 5.85. The molecule has 7 heteroatoms. The third-order valence-corrected chi connectivity index (χ3v) is 6.23. The molecule has 3 aromatic rings. The normalized spacial score (nSPS) is 13.6. The highest BCUT2D eigenvalue weighted by Crippen LogP contribution is 2.30. The minimum Gasteiger partial charge on any atom is -0.308 e. The van der Waals surface area contributed by atoms with Gasteiger partial charge in [-0.3, -0.25) is 14.2 Å². The number of thiophene rings is 1. The fourth-order valence-corrected chi connectivity index (χ4v) is 4.76. The highest BCUT2D eigenvalue weighted by atomic mass is 32.1. The zero-order chi connectivity index (χ0) is 19.1. The Kier molecular flexibility index (Phi) is 4.55. The molecule has 140 valence electrons. The van der Waals surface area contributed by atoms with Crippen LogP contribution in [0.1, 0.15) is 40.8 Å². The molecule has 1 aromatic carbocycles. The van der Waals surface area contributed by atoms with E-state index in [9.17, 15) is 14.0 Å². The monoisotopic (exact) mass is 385 g/mol. The zero-order valence-corrected chi connectivity index (χ0v) is 16.1. The second-order valence-electron chi connectivity index (χ2n) is 6.70. The van der Waals surface area contributed by atoms with Crippen LogP contribution in [0.25, 0.3) is 10.2 Å². The molecule has 0 saturated carbocycles. The van der Waals surface area contributed by atoms with Crippen LogP contribution in [-0.2, 0) is 13.0 Å². The van der Waals surface area contributed by atoms with E-state index in [0.717, 1.165) is 25.1 Å². The van der Waals surface area contributed by atoms with E-state index in [1.54, 1.807) is 21.6 Å². The number of benzene rings is 1. The average Bonchev–Trinajstić information content (AvgIpc) is 3.00. The summed E-state index contributed by atoms with van der Waals surface area (Å²) in [5.74, 6) is 0.278. The van der Waals surface area contributed by atoms with Crippen molar-refractivity contribution in [3.05, 3.63) is 56.7 Å². The Morgan fingerprint density at radius 1 is 1.30 bits per heavy atom. The van der Waals surface area contributed by atoms with Crippen LogP contribution in [-0.4, -0.2) is 22.0 Å². The van der Waals surface area contributed by atoms with Crippen LogP contribution in [0, 0.1) is 12.7 Å². The molecule has 1 amide bonds. The molecule has 1 aliphatic heterocycles. The molecule has 0 spiro atoms. The molecule has 0 aliphatic carbocycles. The van der Waals surface area contributed by atoms with Gasteiger partial charge in [-0.25, -0.2) is 9.37 Å². The van der Waals surface area contributed by atoms with Crippen molar-refractivity contribution in [3.63, 3.8) is 0 Å². The van der Waals surface area contributed by atoms with Gasteiger partial charge in [0.2, 0.25) is 0 Å². The van der Waals surface area contributed by atoms with E-state index in [1.807, 2.05) is 13.8 Å². The van der Waals surface area contributed by atoms with Crippen LogP contribution < -0.4 is 10.5 Å². The number of nitrogens with zero attached hydrogens (tertiary/aromatic N) is 3. The second-order valence-corrected chi connectivity index (χ2v) is 7.70. The van der Waals surface area contributed by atoms with E-state index >= 15 is 0 Å². The molecule has 0 bridgehead atoms. The molecule has 0 unspecified atom stereocenters. The Hall–Kier alpha value is -2.54. The molecular formula is C20H20FN3O2S. The van der Waals surface area contributed by atoms with Crippen molar-refractivity contribution in [2.75, 3.05) is 11.4 Å². The molecular weight excluding hydrogens is 365 g/mol. The smallest absolute Gasteiger partial charge is 0.268 e. The molecule has 27 heavy (non-hydrogen) atoms. The van der Waals surface area contributed by atoms with Crippen LogP contribution in [0.2, 0.25) is 0 Å². The van der Waals surface area contributed by atoms with Crippen molar-refractivity contribution < 1.29 is 9.18 Å². The minimum atomic E-state index is -0.344. The number of anilines is 1. The first-order chi connectivity index (χ1) is 13.0. The largest absolute Gasteiger partial charge is 0.308 e. The fourth-order valence-electron chi connectivity index (χ4n) is 3.62. The molecule has 4 rings (SSSR count). The molecule has 0 radical (unpaired) electrons. The van der Waals surface area contributed by atoms with E-state index in [4.69, 9.17) is 0 Å². The molecule has 1 aliphatic rings. The molecule has 3 heterocycles. The number of aryl methyl sites for hydroxylation is 2. The SMILES string of the molecule is CCN(C(=O)c1sc2nc3n(c(=O)c2c1C)CCCC3)c1ccc(F)cc1. The van der Waals surface area contributed by atoms with Crippen molar-refractivity contribution in [2.45, 2.75) is 39.7 Å². The van der Waals surface area contributed by atoms with Crippen LogP contribution in [0.5, 0.6) is 0 Å². The van der Waals surface area contributed by atoms with E-state index in [2.05, 4.69) is 4.98 Å². The van der Waals surface area contributed by atoms with Gasteiger partial charge in [0.15, 0.2) is 0 Å². The quantitative estimate of drug-likeness (QED) is 0.687. The predicted octanol–water partition coefficient (Wildman–Crippen LogP) is 3.91. The maximum absolute atomic E-state index is 13.2. The molecule has 0 fully saturated rings. The van der Waals surface area contributed by atoms with E-state index < -0.39 is 0 Å². The lowest BCUT2D eigenvalue weighted by molar-refractivity contribution is 0.0991. The Bertz CT molecular complexity index is 1090. The molecule has 0 saturated heterocycles. The summed E-state index contributed by atoms with van der Waals surface area (Å²) in [6.07, 6.45) is 2.80. The Balaban J connectivity index is 1.82. The van der Waals surface area contributed by atoms with Gasteiger partial charge in [0.05, 0.1) is 10.3 Å². The molecule has 5 nitrogen and oxygen atoms in total. The minimum absolute atomic E-state index is 0.0488. The van der Waals surface area contributed by atoms with Crippen molar-refractivity contribution in [3.8, 4) is 0 Å². The molecule has 2 aromatic heterocycles. The van der Waals surface area contributed by atoms with Gasteiger partial charge in [-0.15, -0.1) is 11.3 Å². The number of fused-ring (bicyclic) bond motifs is 2. The summed E-state index contributed by atoms with van der Waals surface area (Å²) >= 11 is 1.27. The summed E-state index contributed by atoms with van der Waals surface area (Å²) in [4.78, 5) is 33.5. The number of carbonyl (C=O) groups excluding carboxylic acids is 1. The van der Waals surface area contributed by atoms with Crippen molar-refractivity contribution >= 4 is 33.1 Å². The predicted molar refractivity (Wildman–Crippen MR) is 105 cm³/mol. The average molecular weight is 385 g/mol. The fraction of sp³-hybridized carbons (Fsp3) is 0.350. The first-order valence-corrected chi connectivity index (χ1v) is 9.93. The zero-order valence-electron chi connectivity index (χ0n) is 15.3. The number of rotatable bonds is 3. The summed E-state index contributed by atoms with van der Waals surface area (Å²) < 4.78 is 15.0. The van der Waals surface area contributed by atoms with Gasteiger partial charge < -0.3 is 4.90 Å². The van der Waals surface area contributed by atoms with Gasteiger partial charge in [0.1, 0.15) is 16.5 Å². The maximum atomic E-state index is 13.2. The molecule has 0 N–H and O–H groups in total. The Labute approximate surface area is 160 Å². The van der Waals surface area contributed by atoms with Crippen LogP contribution >= 0.6 is 11.3 Å². The van der Waals surface area contributed by atoms with Gasteiger partial charge in [-0.1, -0.05) is 0 Å². The van der Waals surface area contributed by atoms with E-state index in [1.165, 1.54) is 23.5 Å². The van der Waals surface area contributed by atoms with E-state index in [-0.39, 0.29) is 17.3 Å². The third-order valence-electron chi connectivity index (χ3n) is 5.06. The maximum Gasteiger partial charge on any atom is 0.268 e. The summed E-state index contributed by atoms with van der Waals surface area (Å²) in [5, 5.41) is 0.546. The topological polar surface area (TPSA) is 55.2 Å². The van der Waals surface area contributed by atoms with Crippen molar-refractivity contribution in [1.82, 2.24) is 9.55 Å². The lowest BCUT2D eigenvalue weighted by atomic mass is 10.1. The number of hydrogen-bond donors (Lipinski definition) is 0. The third kappa shape index (κ3) is 2.96. The van der Waals surface area contributed by atoms with Crippen molar-refractivity contribution in [1.29, 1.82) is 0 Å². The standard InChI is InChI=1S/C20H20FN3O2S/c1-3-23(14-9-7-13(21)8-10-14)20(26)17-12(2)16-18(27-17)22-15-6-4-5-11-24(15)19(16)25/h7-10H,3-6,11H2,1-2H3. The second kappa shape index (κ2) is 6.88. The molecule has 0 atom stereocenters. The van der Waals surface area contributed by atoms with E-state index in [0.29, 0.717) is 39.4 Å². The number of hydrogen-bond acceptors (Lipinski definition) is 4. The van der Waals surface area contributed by atoms with Crippen molar-refractivity contribution in [2.24, 2.45) is 0 Å². The first-order valence-electron chi connectivity index (χ1n) is 9.11. The lowest BCUT2D eigenvalue weighted by Crippen LogP contribution is -2.30. The summed E-state index contributed by atoms with van der Waals surface area (Å²) in [5.41, 5.74) is 1.26. The lowest BCUT2D eigenvalue weighted by Gasteiger charge is -2.20. The Morgan fingerprint density at radius 3 is 2.74 bits per heavy atom. The summed E-state index contributed by atoms with van der Waals surface area (Å²) in [7, 11) is 0. The Morgan fingerprint density at radius 2 is 2.04 bits per heavy atom. The number of aromatic nitrogens is 2. The highest BCUT2D eigenvalue weighted by Gasteiger charge is 2.25. The van der Waals surface area contributed by atoms with Gasteiger partial charge in [-0.05, 0) is 56.5 Å². The number of carbonyl (C=O) groups is 1. The number of amides is 1. The van der Waals surface area contributed by atoms with Crippen LogP contribution in [0.4, 0.5) is 10.1 Å². The van der Waals surface area contributed by atoms with Gasteiger partial charge >= 0.3 is 0 Å². The van der Waals surface area contributed by atoms with Gasteiger partial charge in [0.25, 0.3) is 11.5 Å². The van der Waals surface area contributed by atoms with Gasteiger partial charge in [-0.2, -0.15) is 0 Å².